The van der Waals surface area contributed by atoms with Gasteiger partial charge >= 0.3 is 0 Å². The van der Waals surface area contributed by atoms with E-state index in [1.54, 1.807) is 30.4 Å². The highest BCUT2D eigenvalue weighted by Gasteiger charge is 2.20. The minimum Gasteiger partial charge on any atom is -0.387 e. The quantitative estimate of drug-likeness (QED) is 0.772. The molecule has 1 rings (SSSR count). The molecule has 1 atom stereocenters. The molecule has 0 spiro atoms. The van der Waals surface area contributed by atoms with E-state index in [9.17, 15) is 9.90 Å². The molecular formula is C14H21NO2S2. The van der Waals surface area contributed by atoms with Crippen LogP contribution in [0.3, 0.4) is 0 Å². The lowest BCUT2D eigenvalue weighted by atomic mass is 10.1. The van der Waals surface area contributed by atoms with Gasteiger partial charge in [-0.15, -0.1) is 11.8 Å². The van der Waals surface area contributed by atoms with Crippen LogP contribution in [0.4, 0.5) is 0 Å². The zero-order valence-electron chi connectivity index (χ0n) is 11.4. The van der Waals surface area contributed by atoms with Gasteiger partial charge in [0.15, 0.2) is 0 Å². The van der Waals surface area contributed by atoms with E-state index in [2.05, 4.69) is 5.32 Å². The Bertz CT molecular complexity index is 382. The highest BCUT2D eigenvalue weighted by atomic mass is 32.2. The summed E-state index contributed by atoms with van der Waals surface area (Å²) in [7, 11) is 0. The monoisotopic (exact) mass is 299 g/mol. The van der Waals surface area contributed by atoms with Crippen molar-refractivity contribution in [2.24, 2.45) is 0 Å². The number of carbonyl (C=O) groups excluding carboxylic acids is 1. The highest BCUT2D eigenvalue weighted by molar-refractivity contribution is 7.99. The van der Waals surface area contributed by atoms with Gasteiger partial charge in [-0.25, -0.2) is 0 Å². The molecule has 19 heavy (non-hydrogen) atoms. The van der Waals surface area contributed by atoms with Gasteiger partial charge in [0.25, 0.3) is 0 Å². The molecule has 0 bridgehead atoms. The fourth-order valence-corrected chi connectivity index (χ4v) is 3.08. The van der Waals surface area contributed by atoms with Gasteiger partial charge in [-0.2, -0.15) is 11.8 Å². The van der Waals surface area contributed by atoms with E-state index in [1.165, 1.54) is 5.56 Å². The molecule has 5 heteroatoms. The number of rotatable bonds is 8. The number of nitrogens with one attached hydrogen (secondary N) is 1. The Balaban J connectivity index is 2.18. The van der Waals surface area contributed by atoms with Crippen LogP contribution >= 0.6 is 23.5 Å². The lowest BCUT2D eigenvalue weighted by Crippen LogP contribution is -2.43. The lowest BCUT2D eigenvalue weighted by molar-refractivity contribution is -0.119. The van der Waals surface area contributed by atoms with Crippen molar-refractivity contribution in [3.8, 4) is 0 Å². The topological polar surface area (TPSA) is 49.3 Å². The number of thioether (sulfide) groups is 2. The van der Waals surface area contributed by atoms with Crippen LogP contribution in [-0.2, 0) is 10.5 Å². The minimum absolute atomic E-state index is 0.0256. The Morgan fingerprint density at radius 3 is 2.68 bits per heavy atom. The smallest absolute Gasteiger partial charge is 0.230 e. The normalized spacial score (nSPS) is 13.8. The van der Waals surface area contributed by atoms with Gasteiger partial charge in [-0.1, -0.05) is 30.3 Å². The Kier molecular flexibility index (Phi) is 7.34. The zero-order chi connectivity index (χ0) is 14.1. The zero-order valence-corrected chi connectivity index (χ0v) is 13.0. The summed E-state index contributed by atoms with van der Waals surface area (Å²) in [4.78, 5) is 11.6. The molecule has 0 saturated heterocycles. The first-order chi connectivity index (χ1) is 9.03. The van der Waals surface area contributed by atoms with E-state index in [4.69, 9.17) is 0 Å². The van der Waals surface area contributed by atoms with E-state index in [0.29, 0.717) is 18.1 Å². The van der Waals surface area contributed by atoms with E-state index >= 15 is 0 Å². The van der Waals surface area contributed by atoms with Crippen LogP contribution in [0.25, 0.3) is 0 Å². The maximum absolute atomic E-state index is 11.6. The molecule has 1 amide bonds. The molecule has 106 valence electrons. The summed E-state index contributed by atoms with van der Waals surface area (Å²) in [5.74, 6) is 1.84. The van der Waals surface area contributed by atoms with E-state index in [1.807, 2.05) is 36.6 Å². The third-order valence-corrected chi connectivity index (χ3v) is 4.38. The summed E-state index contributed by atoms with van der Waals surface area (Å²) < 4.78 is 0. The predicted molar refractivity (Wildman–Crippen MR) is 84.6 cm³/mol. The van der Waals surface area contributed by atoms with Crippen molar-refractivity contribution in [1.82, 2.24) is 5.32 Å². The number of carbonyl (C=O) groups is 1. The first-order valence-electron chi connectivity index (χ1n) is 6.13. The number of benzene rings is 1. The fraction of sp³-hybridized carbons (Fsp3) is 0.500. The lowest BCUT2D eigenvalue weighted by Gasteiger charge is -2.22. The molecule has 0 fully saturated rings. The van der Waals surface area contributed by atoms with Gasteiger partial charge in [-0.3, -0.25) is 4.79 Å². The molecule has 0 aliphatic carbocycles. The van der Waals surface area contributed by atoms with Gasteiger partial charge in [0.2, 0.25) is 5.91 Å². The van der Waals surface area contributed by atoms with Crippen LogP contribution in [-0.4, -0.2) is 40.9 Å². The molecule has 0 unspecified atom stereocenters. The molecule has 0 heterocycles. The standard InChI is InChI=1S/C14H21NO2S2/c1-14(17,11-18-2)10-15-13(16)9-19-8-12-6-4-3-5-7-12/h3-7,17H,8-11H2,1-2H3,(H,15,16)/t14-/m1/s1. The Hall–Kier alpha value is -0.650. The van der Waals surface area contributed by atoms with Crippen molar-refractivity contribution in [3.05, 3.63) is 35.9 Å². The summed E-state index contributed by atoms with van der Waals surface area (Å²) in [5.41, 5.74) is 0.383. The maximum Gasteiger partial charge on any atom is 0.230 e. The molecule has 1 aromatic rings. The Morgan fingerprint density at radius 1 is 1.37 bits per heavy atom. The minimum atomic E-state index is -0.834. The van der Waals surface area contributed by atoms with Crippen LogP contribution in [0.5, 0.6) is 0 Å². The van der Waals surface area contributed by atoms with E-state index < -0.39 is 5.60 Å². The number of hydrogen-bond donors (Lipinski definition) is 2. The highest BCUT2D eigenvalue weighted by Crippen LogP contribution is 2.12. The molecule has 1 aromatic carbocycles. The molecule has 2 N–H and O–H groups in total. The molecule has 0 radical (unpaired) electrons. The van der Waals surface area contributed by atoms with E-state index in [0.717, 1.165) is 5.75 Å². The van der Waals surface area contributed by atoms with Crippen LogP contribution in [0.15, 0.2) is 30.3 Å². The summed E-state index contributed by atoms with van der Waals surface area (Å²) >= 11 is 3.15. The average Bonchev–Trinajstić information content (AvgIpc) is 2.38. The summed E-state index contributed by atoms with van der Waals surface area (Å²) in [6, 6.07) is 10.1. The van der Waals surface area contributed by atoms with Crippen LogP contribution in [0, 0.1) is 0 Å². The third-order valence-electron chi connectivity index (χ3n) is 2.47. The van der Waals surface area contributed by atoms with Crippen molar-refractivity contribution in [1.29, 1.82) is 0 Å². The molecule has 0 aliphatic rings. The van der Waals surface area contributed by atoms with Crippen LogP contribution in [0.1, 0.15) is 12.5 Å². The van der Waals surface area contributed by atoms with Gasteiger partial charge in [0.05, 0.1) is 11.4 Å². The molecule has 3 nitrogen and oxygen atoms in total. The van der Waals surface area contributed by atoms with Crippen molar-refractivity contribution < 1.29 is 9.90 Å². The summed E-state index contributed by atoms with van der Waals surface area (Å²) in [6.07, 6.45) is 1.94. The first kappa shape index (κ1) is 16.4. The number of aliphatic hydroxyl groups is 1. The molecule has 0 saturated carbocycles. The summed E-state index contributed by atoms with van der Waals surface area (Å²) in [6.45, 7) is 2.04. The Morgan fingerprint density at radius 2 is 2.05 bits per heavy atom. The largest absolute Gasteiger partial charge is 0.387 e. The molecule has 0 aliphatic heterocycles. The van der Waals surface area contributed by atoms with Crippen LogP contribution < -0.4 is 5.32 Å². The van der Waals surface area contributed by atoms with Crippen molar-refractivity contribution >= 4 is 29.4 Å². The molecular weight excluding hydrogens is 278 g/mol. The van der Waals surface area contributed by atoms with Gasteiger partial charge in [-0.05, 0) is 18.7 Å². The van der Waals surface area contributed by atoms with Crippen molar-refractivity contribution in [2.45, 2.75) is 18.3 Å². The number of hydrogen-bond acceptors (Lipinski definition) is 4. The average molecular weight is 299 g/mol. The summed E-state index contributed by atoms with van der Waals surface area (Å²) in [5, 5.41) is 12.7. The second-order valence-corrected chi connectivity index (χ2v) is 6.54. The van der Waals surface area contributed by atoms with Gasteiger partial charge < -0.3 is 10.4 Å². The Labute approximate surface area is 123 Å². The van der Waals surface area contributed by atoms with Gasteiger partial charge in [0, 0.05) is 18.1 Å². The van der Waals surface area contributed by atoms with Gasteiger partial charge in [0.1, 0.15) is 0 Å². The SMILES string of the molecule is CSC[C@](C)(O)CNC(=O)CSCc1ccccc1. The third kappa shape index (κ3) is 7.50. The fourth-order valence-electron chi connectivity index (χ4n) is 1.54. The van der Waals surface area contributed by atoms with Crippen molar-refractivity contribution in [3.63, 3.8) is 0 Å². The second kappa shape index (κ2) is 8.51. The van der Waals surface area contributed by atoms with Crippen LogP contribution in [0.2, 0.25) is 0 Å². The maximum atomic E-state index is 11.6. The number of amides is 1. The van der Waals surface area contributed by atoms with Crippen molar-refractivity contribution in [2.75, 3.05) is 24.3 Å². The first-order valence-corrected chi connectivity index (χ1v) is 8.68. The molecule has 0 aromatic heterocycles. The predicted octanol–water partition coefficient (Wildman–Crippen LogP) is 2.15. The van der Waals surface area contributed by atoms with E-state index in [-0.39, 0.29) is 5.91 Å². The second-order valence-electron chi connectivity index (χ2n) is 4.69.